The maximum absolute atomic E-state index is 13.1. The van der Waals surface area contributed by atoms with Gasteiger partial charge in [0.05, 0.1) is 11.2 Å². The Morgan fingerprint density at radius 2 is 1.56 bits per heavy atom. The highest BCUT2D eigenvalue weighted by atomic mass is 16.3. The second-order valence-electron chi connectivity index (χ2n) is 10.6. The summed E-state index contributed by atoms with van der Waals surface area (Å²) >= 11 is 0. The largest absolute Gasteiger partial charge is 0.508 e. The first-order chi connectivity index (χ1) is 14.6. The summed E-state index contributed by atoms with van der Waals surface area (Å²) in [5.74, 6) is -0.619. The molecule has 0 bridgehead atoms. The fourth-order valence-corrected chi connectivity index (χ4v) is 3.95. The minimum absolute atomic E-state index is 0.0901. The molecule has 3 rings (SSSR count). The van der Waals surface area contributed by atoms with Crippen LogP contribution < -0.4 is 16.1 Å². The number of carbonyl (C=O) groups excluding carboxylic acids is 1. The number of nitrogens with two attached hydrogens (primary N) is 1. The zero-order valence-corrected chi connectivity index (χ0v) is 20.2. The van der Waals surface area contributed by atoms with E-state index in [9.17, 15) is 14.7 Å². The summed E-state index contributed by atoms with van der Waals surface area (Å²) in [5, 5.41) is 11.3. The summed E-state index contributed by atoms with van der Waals surface area (Å²) in [7, 11) is 3.78. The van der Waals surface area contributed by atoms with Crippen molar-refractivity contribution in [1.29, 1.82) is 0 Å². The van der Waals surface area contributed by atoms with E-state index in [1.807, 2.05) is 37.2 Å². The Morgan fingerprint density at radius 3 is 2.06 bits per heavy atom. The zero-order valence-electron chi connectivity index (χ0n) is 20.2. The van der Waals surface area contributed by atoms with Crippen molar-refractivity contribution >= 4 is 22.5 Å². The smallest absolute Gasteiger partial charge is 0.254 e. The molecule has 0 aliphatic carbocycles. The second-order valence-corrected chi connectivity index (χ2v) is 10.6. The molecule has 170 valence electrons. The highest BCUT2D eigenvalue weighted by Gasteiger charge is 2.27. The number of aromatic hydroxyl groups is 1. The maximum atomic E-state index is 13.1. The summed E-state index contributed by atoms with van der Waals surface area (Å²) in [5.41, 5.74) is 8.55. The molecule has 0 aliphatic heterocycles. The van der Waals surface area contributed by atoms with E-state index in [-0.39, 0.29) is 22.1 Å². The molecule has 0 fully saturated rings. The van der Waals surface area contributed by atoms with Gasteiger partial charge in [-0.2, -0.15) is 0 Å². The van der Waals surface area contributed by atoms with Crippen LogP contribution in [0.3, 0.4) is 0 Å². The van der Waals surface area contributed by atoms with E-state index >= 15 is 0 Å². The van der Waals surface area contributed by atoms with Crippen LogP contribution in [0.4, 0.5) is 5.69 Å². The summed E-state index contributed by atoms with van der Waals surface area (Å²) < 4.78 is 1.79. The molecule has 0 aliphatic rings. The van der Waals surface area contributed by atoms with Crippen LogP contribution in [0.5, 0.6) is 5.75 Å². The van der Waals surface area contributed by atoms with Crippen molar-refractivity contribution in [1.82, 2.24) is 4.57 Å². The number of pyridine rings is 1. The van der Waals surface area contributed by atoms with Crippen LogP contribution >= 0.6 is 0 Å². The van der Waals surface area contributed by atoms with Crippen LogP contribution in [0.2, 0.25) is 0 Å². The third kappa shape index (κ3) is 4.09. The lowest BCUT2D eigenvalue weighted by Crippen LogP contribution is -2.25. The first-order valence-electron chi connectivity index (χ1n) is 10.7. The second kappa shape index (κ2) is 7.69. The highest BCUT2D eigenvalue weighted by molar-refractivity contribution is 5.97. The predicted octanol–water partition coefficient (Wildman–Crippen LogP) is 4.46. The first kappa shape index (κ1) is 23.4. The number of hydrogen-bond acceptors (Lipinski definition) is 4. The van der Waals surface area contributed by atoms with Crippen molar-refractivity contribution in [3.63, 3.8) is 0 Å². The van der Waals surface area contributed by atoms with Crippen LogP contribution in [-0.2, 0) is 10.8 Å². The first-order valence-corrected chi connectivity index (χ1v) is 10.7. The van der Waals surface area contributed by atoms with Crippen LogP contribution in [-0.4, -0.2) is 29.7 Å². The van der Waals surface area contributed by atoms with Crippen molar-refractivity contribution in [3.8, 4) is 11.4 Å². The van der Waals surface area contributed by atoms with E-state index in [0.717, 1.165) is 16.8 Å². The predicted molar refractivity (Wildman–Crippen MR) is 131 cm³/mol. The van der Waals surface area contributed by atoms with E-state index in [1.54, 1.807) is 16.7 Å². The molecule has 1 amide bonds. The molecule has 0 radical (unpaired) electrons. The summed E-state index contributed by atoms with van der Waals surface area (Å²) in [6.45, 7) is 12.4. The third-order valence-electron chi connectivity index (χ3n) is 5.76. The van der Waals surface area contributed by atoms with Gasteiger partial charge >= 0.3 is 0 Å². The fraction of sp³-hybridized carbons (Fsp3) is 0.385. The molecule has 6 heteroatoms. The normalized spacial score (nSPS) is 12.2. The highest BCUT2D eigenvalue weighted by Crippen LogP contribution is 2.39. The van der Waals surface area contributed by atoms with Gasteiger partial charge in [-0.25, -0.2) is 0 Å². The summed E-state index contributed by atoms with van der Waals surface area (Å²) in [4.78, 5) is 27.1. The van der Waals surface area contributed by atoms with Crippen molar-refractivity contribution in [3.05, 3.63) is 63.4 Å². The Kier molecular flexibility index (Phi) is 5.62. The molecule has 0 unspecified atom stereocenters. The van der Waals surface area contributed by atoms with Crippen LogP contribution in [0.25, 0.3) is 16.6 Å². The Labute approximate surface area is 189 Å². The SMILES string of the molecule is CN(C)c1ccc2c(c1)c(=O)c(C(N)=O)cn2-c1cc(O)c(C(C)(C)C)cc1C(C)(C)C. The number of anilines is 1. The molecule has 2 aromatic carbocycles. The molecule has 0 spiro atoms. The van der Waals surface area contributed by atoms with Crippen molar-refractivity contribution in [2.24, 2.45) is 5.73 Å². The Bertz CT molecular complexity index is 1270. The van der Waals surface area contributed by atoms with Crippen LogP contribution in [0, 0.1) is 0 Å². The average molecular weight is 436 g/mol. The van der Waals surface area contributed by atoms with Gasteiger partial charge in [0.2, 0.25) is 5.43 Å². The minimum atomic E-state index is -0.784. The van der Waals surface area contributed by atoms with Gasteiger partial charge in [-0.15, -0.1) is 0 Å². The number of benzene rings is 2. The van der Waals surface area contributed by atoms with Crippen molar-refractivity contribution < 1.29 is 9.90 Å². The number of carbonyl (C=O) groups is 1. The number of primary amides is 1. The number of hydrogen-bond donors (Lipinski definition) is 2. The molecule has 0 saturated carbocycles. The molecule has 3 N–H and O–H groups in total. The molecule has 0 atom stereocenters. The van der Waals surface area contributed by atoms with Gasteiger partial charge in [0.25, 0.3) is 5.91 Å². The van der Waals surface area contributed by atoms with Crippen molar-refractivity contribution in [2.45, 2.75) is 52.4 Å². The Hall–Kier alpha value is -3.28. The number of phenolic OH excluding ortho intramolecular Hbond substituents is 1. The fourth-order valence-electron chi connectivity index (χ4n) is 3.95. The summed E-state index contributed by atoms with van der Waals surface area (Å²) in [6.07, 6.45) is 1.49. The van der Waals surface area contributed by atoms with Gasteiger partial charge < -0.3 is 20.3 Å². The van der Waals surface area contributed by atoms with Crippen molar-refractivity contribution in [2.75, 3.05) is 19.0 Å². The van der Waals surface area contributed by atoms with Crippen LogP contribution in [0.15, 0.2) is 41.3 Å². The Balaban J connectivity index is 2.51. The van der Waals surface area contributed by atoms with E-state index in [4.69, 9.17) is 5.73 Å². The number of amides is 1. The lowest BCUT2D eigenvalue weighted by Gasteiger charge is -2.29. The topological polar surface area (TPSA) is 88.6 Å². The average Bonchev–Trinajstić information content (AvgIpc) is 2.65. The van der Waals surface area contributed by atoms with Gasteiger partial charge in [-0.05, 0) is 46.2 Å². The van der Waals surface area contributed by atoms with Gasteiger partial charge in [0, 0.05) is 37.4 Å². The van der Waals surface area contributed by atoms with Gasteiger partial charge in [-0.1, -0.05) is 41.5 Å². The number of nitrogens with zero attached hydrogens (tertiary/aromatic N) is 2. The molecular formula is C26H33N3O3. The van der Waals surface area contributed by atoms with Gasteiger partial charge in [-0.3, -0.25) is 9.59 Å². The zero-order chi connectivity index (χ0) is 24.2. The third-order valence-corrected chi connectivity index (χ3v) is 5.76. The van der Waals surface area contributed by atoms with E-state index in [2.05, 4.69) is 41.5 Å². The minimum Gasteiger partial charge on any atom is -0.508 e. The Morgan fingerprint density at radius 1 is 0.969 bits per heavy atom. The molecular weight excluding hydrogens is 402 g/mol. The van der Waals surface area contributed by atoms with E-state index in [0.29, 0.717) is 16.6 Å². The molecule has 1 heterocycles. The monoisotopic (exact) mass is 435 g/mol. The quantitative estimate of drug-likeness (QED) is 0.636. The molecule has 0 saturated heterocycles. The van der Waals surface area contributed by atoms with Crippen LogP contribution in [0.1, 0.15) is 63.0 Å². The standard InChI is InChI=1S/C26H33N3O3/c1-25(2,3)18-12-19(26(4,5)6)22(30)13-21(18)29-14-17(24(27)32)23(31)16-11-15(28(7)8)9-10-20(16)29/h9-14,30H,1-8H3,(H2,27,32). The molecule has 6 nitrogen and oxygen atoms in total. The van der Waals surface area contributed by atoms with E-state index < -0.39 is 11.3 Å². The number of fused-ring (bicyclic) bond motifs is 1. The lowest BCUT2D eigenvalue weighted by molar-refractivity contribution is 0.0999. The van der Waals surface area contributed by atoms with Gasteiger partial charge in [0.15, 0.2) is 0 Å². The lowest BCUT2D eigenvalue weighted by atomic mass is 9.79. The summed E-state index contributed by atoms with van der Waals surface area (Å²) in [6, 6.07) is 9.28. The molecule has 3 aromatic rings. The number of aromatic nitrogens is 1. The van der Waals surface area contributed by atoms with E-state index in [1.165, 1.54) is 6.20 Å². The number of phenols is 1. The maximum Gasteiger partial charge on any atom is 0.254 e. The number of rotatable bonds is 3. The molecule has 32 heavy (non-hydrogen) atoms. The van der Waals surface area contributed by atoms with Gasteiger partial charge in [0.1, 0.15) is 11.3 Å². The molecule has 1 aromatic heterocycles.